The Labute approximate surface area is 149 Å². The molecule has 0 aliphatic rings. The summed E-state index contributed by atoms with van der Waals surface area (Å²) >= 11 is 0. The molecule has 6 heteroatoms. The van der Waals surface area contributed by atoms with Crippen molar-refractivity contribution in [2.45, 2.75) is 0 Å². The standard InChI is InChI=1S/C20H16N6/c1-25-11-9-21-19(25)15-7-5-13-3-4-14-6-8-16(20-22-10-12-26(20)2)24-18(14)17(13)23-15/h3-12H,1-2H3. The van der Waals surface area contributed by atoms with Gasteiger partial charge >= 0.3 is 0 Å². The molecule has 26 heavy (non-hydrogen) atoms. The summed E-state index contributed by atoms with van der Waals surface area (Å²) in [5, 5.41) is 2.11. The number of benzene rings is 1. The molecule has 0 fully saturated rings. The summed E-state index contributed by atoms with van der Waals surface area (Å²) < 4.78 is 3.93. The quantitative estimate of drug-likeness (QED) is 0.461. The second kappa shape index (κ2) is 5.49. The Morgan fingerprint density at radius 1 is 0.615 bits per heavy atom. The van der Waals surface area contributed by atoms with Gasteiger partial charge in [0.2, 0.25) is 0 Å². The largest absolute Gasteiger partial charge is 0.333 e. The summed E-state index contributed by atoms with van der Waals surface area (Å²) in [5.74, 6) is 1.67. The third-order valence-electron chi connectivity index (χ3n) is 4.62. The van der Waals surface area contributed by atoms with Crippen LogP contribution in [0.25, 0.3) is 44.8 Å². The Morgan fingerprint density at radius 3 is 1.42 bits per heavy atom. The molecular weight excluding hydrogens is 324 g/mol. The van der Waals surface area contributed by atoms with Gasteiger partial charge in [-0.3, -0.25) is 0 Å². The van der Waals surface area contributed by atoms with Crippen LogP contribution in [-0.2, 0) is 14.1 Å². The molecular formula is C20H16N6. The van der Waals surface area contributed by atoms with Gasteiger partial charge in [0, 0.05) is 49.7 Å². The fourth-order valence-corrected chi connectivity index (χ4v) is 3.24. The van der Waals surface area contributed by atoms with Crippen LogP contribution in [0.5, 0.6) is 0 Å². The van der Waals surface area contributed by atoms with E-state index in [1.165, 1.54) is 0 Å². The fraction of sp³-hybridized carbons (Fsp3) is 0.100. The molecule has 6 nitrogen and oxygen atoms in total. The molecule has 126 valence electrons. The predicted octanol–water partition coefficient (Wildman–Crippen LogP) is 3.58. The van der Waals surface area contributed by atoms with Crippen LogP contribution in [0.2, 0.25) is 0 Å². The van der Waals surface area contributed by atoms with E-state index in [0.717, 1.165) is 44.8 Å². The van der Waals surface area contributed by atoms with E-state index in [1.807, 2.05) is 47.8 Å². The highest BCUT2D eigenvalue weighted by Gasteiger charge is 2.11. The summed E-state index contributed by atoms with van der Waals surface area (Å²) in [6.07, 6.45) is 7.40. The van der Waals surface area contributed by atoms with E-state index in [0.29, 0.717) is 0 Å². The summed E-state index contributed by atoms with van der Waals surface area (Å²) in [5.41, 5.74) is 3.42. The van der Waals surface area contributed by atoms with Gasteiger partial charge in [-0.1, -0.05) is 24.3 Å². The van der Waals surface area contributed by atoms with Crippen molar-refractivity contribution in [1.29, 1.82) is 0 Å². The third kappa shape index (κ3) is 2.19. The number of aryl methyl sites for hydroxylation is 2. The van der Waals surface area contributed by atoms with E-state index >= 15 is 0 Å². The molecule has 0 aliphatic carbocycles. The monoisotopic (exact) mass is 340 g/mol. The summed E-state index contributed by atoms with van der Waals surface area (Å²) in [6.45, 7) is 0. The lowest BCUT2D eigenvalue weighted by Gasteiger charge is -2.08. The number of imidazole rings is 2. The van der Waals surface area contributed by atoms with Gasteiger partial charge in [-0.2, -0.15) is 0 Å². The molecule has 0 unspecified atom stereocenters. The van der Waals surface area contributed by atoms with E-state index in [2.05, 4.69) is 34.2 Å². The van der Waals surface area contributed by atoms with Crippen LogP contribution in [0.15, 0.2) is 61.2 Å². The second-order valence-electron chi connectivity index (χ2n) is 6.33. The number of pyridine rings is 2. The molecule has 0 saturated heterocycles. The third-order valence-corrected chi connectivity index (χ3v) is 4.62. The maximum absolute atomic E-state index is 4.88. The Bertz CT molecular complexity index is 1170. The first kappa shape index (κ1) is 14.8. The average Bonchev–Trinajstić information content (AvgIpc) is 3.29. The zero-order chi connectivity index (χ0) is 17.7. The van der Waals surface area contributed by atoms with Crippen LogP contribution >= 0.6 is 0 Å². The minimum atomic E-state index is 0.835. The predicted molar refractivity (Wildman–Crippen MR) is 101 cm³/mol. The van der Waals surface area contributed by atoms with Gasteiger partial charge in [0.1, 0.15) is 11.4 Å². The Kier molecular flexibility index (Phi) is 3.12. The maximum atomic E-state index is 4.88. The van der Waals surface area contributed by atoms with Crippen molar-refractivity contribution < 1.29 is 0 Å². The second-order valence-corrected chi connectivity index (χ2v) is 6.33. The van der Waals surface area contributed by atoms with Crippen molar-refractivity contribution in [3.05, 3.63) is 61.2 Å². The highest BCUT2D eigenvalue weighted by Crippen LogP contribution is 2.27. The first-order valence-electron chi connectivity index (χ1n) is 8.36. The van der Waals surface area contributed by atoms with Crippen LogP contribution < -0.4 is 0 Å². The van der Waals surface area contributed by atoms with Gasteiger partial charge in [0.25, 0.3) is 0 Å². The van der Waals surface area contributed by atoms with Gasteiger partial charge in [0.15, 0.2) is 11.6 Å². The van der Waals surface area contributed by atoms with E-state index < -0.39 is 0 Å². The molecule has 5 aromatic rings. The number of fused-ring (bicyclic) bond motifs is 3. The first-order valence-corrected chi connectivity index (χ1v) is 8.36. The Morgan fingerprint density at radius 2 is 1.04 bits per heavy atom. The minimum absolute atomic E-state index is 0.835. The van der Waals surface area contributed by atoms with Crippen molar-refractivity contribution in [3.63, 3.8) is 0 Å². The number of rotatable bonds is 2. The molecule has 4 aromatic heterocycles. The molecule has 0 amide bonds. The fourth-order valence-electron chi connectivity index (χ4n) is 3.24. The molecule has 0 saturated carbocycles. The summed E-state index contributed by atoms with van der Waals surface area (Å²) in [6, 6.07) is 12.3. The smallest absolute Gasteiger partial charge is 0.158 e. The number of aromatic nitrogens is 6. The van der Waals surface area contributed by atoms with Crippen molar-refractivity contribution in [2.75, 3.05) is 0 Å². The number of hydrogen-bond donors (Lipinski definition) is 0. The van der Waals surface area contributed by atoms with Crippen LogP contribution in [0.3, 0.4) is 0 Å². The van der Waals surface area contributed by atoms with Crippen molar-refractivity contribution in [1.82, 2.24) is 29.1 Å². The molecule has 0 N–H and O–H groups in total. The van der Waals surface area contributed by atoms with Crippen molar-refractivity contribution in [2.24, 2.45) is 14.1 Å². The summed E-state index contributed by atoms with van der Waals surface area (Å²) in [4.78, 5) is 18.6. The van der Waals surface area contributed by atoms with Gasteiger partial charge in [0.05, 0.1) is 11.0 Å². The molecule has 5 rings (SSSR count). The van der Waals surface area contributed by atoms with E-state index in [4.69, 9.17) is 9.97 Å². The van der Waals surface area contributed by atoms with Crippen LogP contribution in [0.4, 0.5) is 0 Å². The average molecular weight is 340 g/mol. The lowest BCUT2D eigenvalue weighted by Crippen LogP contribution is -1.97. The molecule has 4 heterocycles. The topological polar surface area (TPSA) is 61.4 Å². The van der Waals surface area contributed by atoms with Gasteiger partial charge < -0.3 is 9.13 Å². The lowest BCUT2D eigenvalue weighted by molar-refractivity contribution is 0.918. The lowest BCUT2D eigenvalue weighted by atomic mass is 10.1. The molecule has 1 aromatic carbocycles. The molecule has 0 atom stereocenters. The van der Waals surface area contributed by atoms with Gasteiger partial charge in [-0.25, -0.2) is 19.9 Å². The van der Waals surface area contributed by atoms with Crippen LogP contribution in [-0.4, -0.2) is 29.1 Å². The molecule has 0 spiro atoms. The van der Waals surface area contributed by atoms with E-state index in [-0.39, 0.29) is 0 Å². The zero-order valence-electron chi connectivity index (χ0n) is 14.5. The zero-order valence-corrected chi connectivity index (χ0v) is 14.5. The van der Waals surface area contributed by atoms with Crippen LogP contribution in [0.1, 0.15) is 0 Å². The minimum Gasteiger partial charge on any atom is -0.333 e. The van der Waals surface area contributed by atoms with Crippen LogP contribution in [0, 0.1) is 0 Å². The van der Waals surface area contributed by atoms with Gasteiger partial charge in [-0.05, 0) is 12.1 Å². The Hall–Kier alpha value is -3.54. The van der Waals surface area contributed by atoms with Crippen molar-refractivity contribution >= 4 is 21.8 Å². The molecule has 0 aliphatic heterocycles. The Balaban J connectivity index is 1.79. The van der Waals surface area contributed by atoms with E-state index in [9.17, 15) is 0 Å². The highest BCUT2D eigenvalue weighted by atomic mass is 15.1. The molecule has 0 bridgehead atoms. The van der Waals surface area contributed by atoms with Gasteiger partial charge in [-0.15, -0.1) is 0 Å². The normalized spacial score (nSPS) is 11.5. The SMILES string of the molecule is Cn1ccnc1-c1ccc2ccc3ccc(-c4nccn4C)nc3c2n1. The number of hydrogen-bond acceptors (Lipinski definition) is 4. The molecule has 0 radical (unpaired) electrons. The summed E-state index contributed by atoms with van der Waals surface area (Å²) in [7, 11) is 3.93. The van der Waals surface area contributed by atoms with Crippen molar-refractivity contribution in [3.8, 4) is 23.0 Å². The first-order chi connectivity index (χ1) is 12.7. The number of nitrogens with zero attached hydrogens (tertiary/aromatic N) is 6. The highest BCUT2D eigenvalue weighted by molar-refractivity contribution is 6.03. The maximum Gasteiger partial charge on any atom is 0.158 e. The van der Waals surface area contributed by atoms with E-state index in [1.54, 1.807) is 12.4 Å².